The SMILES string of the molecule is NS(=O)(=O)CCCNc1cc(Cl)nc(C2CC2)n1. The fraction of sp³-hybridized carbons (Fsp3) is 0.600. The van der Waals surface area contributed by atoms with Gasteiger partial charge in [-0.1, -0.05) is 11.6 Å². The molecule has 1 fully saturated rings. The summed E-state index contributed by atoms with van der Waals surface area (Å²) in [6.07, 6.45) is 2.63. The van der Waals surface area contributed by atoms with Gasteiger partial charge in [0.15, 0.2) is 0 Å². The monoisotopic (exact) mass is 290 g/mol. The third-order valence-electron chi connectivity index (χ3n) is 2.57. The van der Waals surface area contributed by atoms with Crippen molar-refractivity contribution in [1.29, 1.82) is 0 Å². The van der Waals surface area contributed by atoms with Crippen molar-refractivity contribution in [1.82, 2.24) is 9.97 Å². The summed E-state index contributed by atoms with van der Waals surface area (Å²) in [6, 6.07) is 1.63. The van der Waals surface area contributed by atoms with Gasteiger partial charge in [-0.3, -0.25) is 0 Å². The normalized spacial score (nSPS) is 15.7. The average Bonchev–Trinajstić information content (AvgIpc) is 3.06. The third-order valence-corrected chi connectivity index (χ3v) is 3.62. The molecule has 6 nitrogen and oxygen atoms in total. The Bertz CT molecular complexity index is 531. The molecule has 1 aliphatic rings. The number of hydrogen-bond donors (Lipinski definition) is 2. The van der Waals surface area contributed by atoms with Crippen LogP contribution in [0.4, 0.5) is 5.82 Å². The summed E-state index contributed by atoms with van der Waals surface area (Å²) >= 11 is 5.90. The molecule has 0 radical (unpaired) electrons. The fourth-order valence-electron chi connectivity index (χ4n) is 1.54. The van der Waals surface area contributed by atoms with Gasteiger partial charge < -0.3 is 5.32 Å². The van der Waals surface area contributed by atoms with Crippen LogP contribution in [0.1, 0.15) is 31.0 Å². The lowest BCUT2D eigenvalue weighted by molar-refractivity contribution is 0.595. The lowest BCUT2D eigenvalue weighted by Crippen LogP contribution is -2.19. The zero-order chi connectivity index (χ0) is 13.2. The van der Waals surface area contributed by atoms with E-state index in [1.807, 2.05) is 0 Å². The van der Waals surface area contributed by atoms with Crippen LogP contribution in [0.3, 0.4) is 0 Å². The Morgan fingerprint density at radius 3 is 2.78 bits per heavy atom. The second-order valence-corrected chi connectivity index (χ2v) is 6.48. The number of hydrogen-bond acceptors (Lipinski definition) is 5. The Hall–Kier alpha value is -0.920. The van der Waals surface area contributed by atoms with Crippen LogP contribution in [0.15, 0.2) is 6.07 Å². The molecule has 1 aromatic heterocycles. The first kappa shape index (κ1) is 13.5. The highest BCUT2D eigenvalue weighted by molar-refractivity contribution is 7.89. The summed E-state index contributed by atoms with van der Waals surface area (Å²) in [6.45, 7) is 0.480. The van der Waals surface area contributed by atoms with Gasteiger partial charge in [0.25, 0.3) is 0 Å². The highest BCUT2D eigenvalue weighted by Gasteiger charge is 2.27. The first-order valence-electron chi connectivity index (χ1n) is 5.73. The minimum absolute atomic E-state index is 0.0473. The van der Waals surface area contributed by atoms with Crippen molar-refractivity contribution in [2.45, 2.75) is 25.2 Å². The van der Waals surface area contributed by atoms with Gasteiger partial charge in [-0.05, 0) is 19.3 Å². The zero-order valence-electron chi connectivity index (χ0n) is 9.76. The lowest BCUT2D eigenvalue weighted by Gasteiger charge is -2.07. The molecular formula is C10H15ClN4O2S. The van der Waals surface area contributed by atoms with Gasteiger partial charge in [-0.25, -0.2) is 23.5 Å². The Kier molecular flexibility index (Phi) is 4.04. The molecule has 18 heavy (non-hydrogen) atoms. The predicted molar refractivity (Wildman–Crippen MR) is 70.1 cm³/mol. The van der Waals surface area contributed by atoms with Gasteiger partial charge in [-0.2, -0.15) is 0 Å². The highest BCUT2D eigenvalue weighted by atomic mass is 35.5. The number of aromatic nitrogens is 2. The van der Waals surface area contributed by atoms with Crippen LogP contribution in [0, 0.1) is 0 Å². The van der Waals surface area contributed by atoms with Crippen molar-refractivity contribution in [3.05, 3.63) is 17.0 Å². The van der Waals surface area contributed by atoms with Crippen LogP contribution < -0.4 is 10.5 Å². The smallest absolute Gasteiger partial charge is 0.209 e. The minimum Gasteiger partial charge on any atom is -0.370 e. The summed E-state index contributed by atoms with van der Waals surface area (Å²) in [5, 5.41) is 8.34. The molecule has 0 spiro atoms. The maximum atomic E-state index is 10.8. The Morgan fingerprint density at radius 2 is 2.17 bits per heavy atom. The maximum absolute atomic E-state index is 10.8. The third kappa shape index (κ3) is 4.40. The molecule has 8 heteroatoms. The number of primary sulfonamides is 1. The summed E-state index contributed by atoms with van der Waals surface area (Å²) in [5.41, 5.74) is 0. The van der Waals surface area contributed by atoms with Crippen LogP contribution >= 0.6 is 11.6 Å². The molecule has 0 aromatic carbocycles. The molecule has 1 saturated carbocycles. The number of sulfonamides is 1. The quantitative estimate of drug-likeness (QED) is 0.604. The maximum Gasteiger partial charge on any atom is 0.209 e. The second-order valence-electron chi connectivity index (χ2n) is 4.36. The summed E-state index contributed by atoms with van der Waals surface area (Å²) in [7, 11) is -3.40. The molecule has 0 aliphatic heterocycles. The molecule has 1 aromatic rings. The Labute approximate surface area is 111 Å². The predicted octanol–water partition coefficient (Wildman–Crippen LogP) is 1.10. The van der Waals surface area contributed by atoms with Crippen molar-refractivity contribution < 1.29 is 8.42 Å². The largest absolute Gasteiger partial charge is 0.370 e. The van der Waals surface area contributed by atoms with E-state index in [2.05, 4.69) is 15.3 Å². The van der Waals surface area contributed by atoms with Crippen molar-refractivity contribution in [3.63, 3.8) is 0 Å². The number of nitrogens with one attached hydrogen (secondary N) is 1. The Morgan fingerprint density at radius 1 is 1.44 bits per heavy atom. The first-order chi connectivity index (χ1) is 8.44. The molecular weight excluding hydrogens is 276 g/mol. The van der Waals surface area contributed by atoms with E-state index in [0.29, 0.717) is 29.9 Å². The molecule has 2 rings (SSSR count). The van der Waals surface area contributed by atoms with E-state index in [9.17, 15) is 8.42 Å². The fourth-order valence-corrected chi connectivity index (χ4v) is 2.28. The summed E-state index contributed by atoms with van der Waals surface area (Å²) < 4.78 is 21.5. The minimum atomic E-state index is -3.40. The molecule has 100 valence electrons. The zero-order valence-corrected chi connectivity index (χ0v) is 11.3. The van der Waals surface area contributed by atoms with Crippen molar-refractivity contribution >= 4 is 27.4 Å². The summed E-state index contributed by atoms with van der Waals surface area (Å²) in [5.74, 6) is 1.77. The molecule has 0 unspecified atom stereocenters. The number of rotatable bonds is 6. The second kappa shape index (κ2) is 5.38. The van der Waals surface area contributed by atoms with Crippen LogP contribution in [0.2, 0.25) is 5.15 Å². The standard InChI is InChI=1S/C10H15ClN4O2S/c11-8-6-9(13-4-1-5-18(12,16)17)15-10(14-8)7-2-3-7/h6-7H,1-5H2,(H2,12,16,17)(H,13,14,15). The van der Waals surface area contributed by atoms with E-state index in [-0.39, 0.29) is 5.75 Å². The van der Waals surface area contributed by atoms with E-state index in [1.165, 1.54) is 0 Å². The van der Waals surface area contributed by atoms with Crippen molar-refractivity contribution in [3.8, 4) is 0 Å². The van der Waals surface area contributed by atoms with Gasteiger partial charge in [-0.15, -0.1) is 0 Å². The summed E-state index contributed by atoms with van der Waals surface area (Å²) in [4.78, 5) is 8.50. The van der Waals surface area contributed by atoms with E-state index in [4.69, 9.17) is 16.7 Å². The molecule has 3 N–H and O–H groups in total. The highest BCUT2D eigenvalue weighted by Crippen LogP contribution is 2.38. The average molecular weight is 291 g/mol. The number of anilines is 1. The number of nitrogens with zero attached hydrogens (tertiary/aromatic N) is 2. The molecule has 0 saturated heterocycles. The van der Waals surface area contributed by atoms with Crippen LogP contribution in [-0.2, 0) is 10.0 Å². The molecule has 1 aliphatic carbocycles. The van der Waals surface area contributed by atoms with Crippen LogP contribution in [0.25, 0.3) is 0 Å². The van der Waals surface area contributed by atoms with Crippen molar-refractivity contribution in [2.24, 2.45) is 5.14 Å². The van der Waals surface area contributed by atoms with E-state index in [0.717, 1.165) is 18.7 Å². The van der Waals surface area contributed by atoms with Crippen molar-refractivity contribution in [2.75, 3.05) is 17.6 Å². The first-order valence-corrected chi connectivity index (χ1v) is 7.82. The molecule has 1 heterocycles. The van der Waals surface area contributed by atoms with Gasteiger partial charge in [0.2, 0.25) is 10.0 Å². The van der Waals surface area contributed by atoms with E-state index >= 15 is 0 Å². The topological polar surface area (TPSA) is 98.0 Å². The molecule has 0 atom stereocenters. The van der Waals surface area contributed by atoms with Crippen LogP contribution in [0.5, 0.6) is 0 Å². The van der Waals surface area contributed by atoms with Gasteiger partial charge in [0.1, 0.15) is 16.8 Å². The van der Waals surface area contributed by atoms with Gasteiger partial charge in [0.05, 0.1) is 5.75 Å². The Balaban J connectivity index is 1.89. The lowest BCUT2D eigenvalue weighted by atomic mass is 10.4. The van der Waals surface area contributed by atoms with Gasteiger partial charge >= 0.3 is 0 Å². The van der Waals surface area contributed by atoms with E-state index < -0.39 is 10.0 Å². The molecule has 0 bridgehead atoms. The number of nitrogens with two attached hydrogens (primary N) is 1. The number of halogens is 1. The van der Waals surface area contributed by atoms with Gasteiger partial charge in [0, 0.05) is 18.5 Å². The molecule has 0 amide bonds. The van der Waals surface area contributed by atoms with E-state index in [1.54, 1.807) is 6.07 Å². The van der Waals surface area contributed by atoms with Crippen LogP contribution in [-0.4, -0.2) is 30.7 Å².